The lowest BCUT2D eigenvalue weighted by Crippen LogP contribution is -2.11. The molecule has 0 radical (unpaired) electrons. The summed E-state index contributed by atoms with van der Waals surface area (Å²) in [5.41, 5.74) is 9.50. The van der Waals surface area contributed by atoms with Crippen LogP contribution in [0.1, 0.15) is 0 Å². The van der Waals surface area contributed by atoms with Crippen LogP contribution in [0.15, 0.2) is 41.6 Å². The van der Waals surface area contributed by atoms with Crippen molar-refractivity contribution in [3.8, 4) is 11.1 Å². The molecule has 22 heavy (non-hydrogen) atoms. The summed E-state index contributed by atoms with van der Waals surface area (Å²) in [6.45, 7) is 0. The molecule has 3 N–H and O–H groups in total. The maximum absolute atomic E-state index is 11.8. The first-order valence-electron chi connectivity index (χ1n) is 6.69. The van der Waals surface area contributed by atoms with Gasteiger partial charge >= 0.3 is 5.69 Å². The van der Waals surface area contributed by atoms with Gasteiger partial charge in [0.2, 0.25) is 5.95 Å². The summed E-state index contributed by atoms with van der Waals surface area (Å²) < 4.78 is 1.54. The molecule has 7 heteroatoms. The van der Waals surface area contributed by atoms with Gasteiger partial charge in [-0.15, -0.1) is 0 Å². The molecule has 0 unspecified atom stereocenters. The van der Waals surface area contributed by atoms with E-state index in [-0.39, 0.29) is 11.6 Å². The van der Waals surface area contributed by atoms with Crippen molar-refractivity contribution in [2.75, 3.05) is 5.73 Å². The number of aromatic nitrogens is 5. The van der Waals surface area contributed by atoms with Gasteiger partial charge < -0.3 is 10.7 Å². The Labute approximate surface area is 124 Å². The van der Waals surface area contributed by atoms with Gasteiger partial charge in [-0.3, -0.25) is 9.55 Å². The number of benzene rings is 1. The van der Waals surface area contributed by atoms with Gasteiger partial charge in [0.25, 0.3) is 0 Å². The first-order chi connectivity index (χ1) is 10.6. The van der Waals surface area contributed by atoms with E-state index in [4.69, 9.17) is 5.73 Å². The van der Waals surface area contributed by atoms with Crippen LogP contribution in [-0.4, -0.2) is 24.5 Å². The molecule has 0 bridgehead atoms. The first kappa shape index (κ1) is 12.5. The standard InChI is InChI=1S/C15H12N6O/c1-21-12-7-17-11-3-2-8(9-5-18-14(16)19-6-9)4-10(11)13(12)20-15(21)22/h2-7H,1H3,(H,20,22)(H2,16,18,19). The molecule has 0 aliphatic rings. The van der Waals surface area contributed by atoms with Crippen molar-refractivity contribution in [1.82, 2.24) is 24.5 Å². The van der Waals surface area contributed by atoms with Crippen LogP contribution >= 0.6 is 0 Å². The van der Waals surface area contributed by atoms with Gasteiger partial charge in [-0.2, -0.15) is 0 Å². The van der Waals surface area contributed by atoms with Gasteiger partial charge in [-0.05, 0) is 17.7 Å². The van der Waals surface area contributed by atoms with Crippen LogP contribution in [0.4, 0.5) is 5.95 Å². The van der Waals surface area contributed by atoms with Gasteiger partial charge in [0.1, 0.15) is 0 Å². The van der Waals surface area contributed by atoms with Crippen molar-refractivity contribution >= 4 is 27.9 Å². The fraction of sp³-hybridized carbons (Fsp3) is 0.0667. The summed E-state index contributed by atoms with van der Waals surface area (Å²) in [4.78, 5) is 27.1. The van der Waals surface area contributed by atoms with E-state index < -0.39 is 0 Å². The maximum atomic E-state index is 11.8. The highest BCUT2D eigenvalue weighted by Gasteiger charge is 2.09. The average Bonchev–Trinajstić information content (AvgIpc) is 2.83. The Balaban J connectivity index is 2.03. The molecule has 3 aromatic heterocycles. The van der Waals surface area contributed by atoms with E-state index in [0.29, 0.717) is 0 Å². The van der Waals surface area contributed by atoms with E-state index in [0.717, 1.165) is 33.1 Å². The van der Waals surface area contributed by atoms with Crippen LogP contribution in [0.5, 0.6) is 0 Å². The number of pyridine rings is 1. The molecule has 0 amide bonds. The number of nitrogens with one attached hydrogen (secondary N) is 1. The number of nitrogen functional groups attached to an aromatic ring is 1. The summed E-state index contributed by atoms with van der Waals surface area (Å²) in [6, 6.07) is 5.82. The molecule has 0 saturated carbocycles. The average molecular weight is 292 g/mol. The molecule has 0 spiro atoms. The Kier molecular flexibility index (Phi) is 2.50. The molecule has 1 aromatic carbocycles. The highest BCUT2D eigenvalue weighted by Crippen LogP contribution is 2.26. The third-order valence-electron chi connectivity index (χ3n) is 3.75. The maximum Gasteiger partial charge on any atom is 0.326 e. The van der Waals surface area contributed by atoms with Crippen LogP contribution in [0.2, 0.25) is 0 Å². The summed E-state index contributed by atoms with van der Waals surface area (Å²) in [6.07, 6.45) is 5.04. The molecular weight excluding hydrogens is 280 g/mol. The van der Waals surface area contributed by atoms with Crippen molar-refractivity contribution in [2.24, 2.45) is 7.05 Å². The molecule has 108 valence electrons. The molecule has 4 aromatic rings. The molecule has 3 heterocycles. The minimum atomic E-state index is -0.162. The number of rotatable bonds is 1. The number of fused-ring (bicyclic) bond motifs is 3. The number of aromatic amines is 1. The lowest BCUT2D eigenvalue weighted by atomic mass is 10.1. The smallest absolute Gasteiger partial charge is 0.326 e. The van der Waals surface area contributed by atoms with Gasteiger partial charge in [0.05, 0.1) is 22.7 Å². The molecule has 0 aliphatic carbocycles. The van der Waals surface area contributed by atoms with Crippen LogP contribution < -0.4 is 11.4 Å². The molecule has 0 aliphatic heterocycles. The normalized spacial score (nSPS) is 11.3. The van der Waals surface area contributed by atoms with E-state index >= 15 is 0 Å². The number of aryl methyl sites for hydroxylation is 1. The third-order valence-corrected chi connectivity index (χ3v) is 3.75. The highest BCUT2D eigenvalue weighted by atomic mass is 16.1. The van der Waals surface area contributed by atoms with Crippen molar-refractivity contribution in [1.29, 1.82) is 0 Å². The summed E-state index contributed by atoms with van der Waals surface area (Å²) in [7, 11) is 1.71. The summed E-state index contributed by atoms with van der Waals surface area (Å²) in [5, 5.41) is 0.879. The fourth-order valence-electron chi connectivity index (χ4n) is 2.53. The van der Waals surface area contributed by atoms with E-state index in [9.17, 15) is 4.79 Å². The summed E-state index contributed by atoms with van der Waals surface area (Å²) >= 11 is 0. The second kappa shape index (κ2) is 4.39. The zero-order valence-corrected chi connectivity index (χ0v) is 11.7. The van der Waals surface area contributed by atoms with Crippen molar-refractivity contribution in [3.63, 3.8) is 0 Å². The molecule has 0 atom stereocenters. The number of anilines is 1. The Hall–Kier alpha value is -3.22. The van der Waals surface area contributed by atoms with E-state index in [1.165, 1.54) is 0 Å². The quantitative estimate of drug-likeness (QED) is 0.553. The highest BCUT2D eigenvalue weighted by molar-refractivity contribution is 6.03. The third kappa shape index (κ3) is 1.76. The van der Waals surface area contributed by atoms with E-state index in [1.54, 1.807) is 30.2 Å². The zero-order chi connectivity index (χ0) is 15.3. The van der Waals surface area contributed by atoms with Crippen LogP contribution in [0.25, 0.3) is 33.1 Å². The Morgan fingerprint density at radius 3 is 2.64 bits per heavy atom. The number of imidazole rings is 1. The van der Waals surface area contributed by atoms with Gasteiger partial charge in [0, 0.05) is 30.4 Å². The van der Waals surface area contributed by atoms with Gasteiger partial charge in [0.15, 0.2) is 0 Å². The number of nitrogens with zero attached hydrogens (tertiary/aromatic N) is 4. The second-order valence-electron chi connectivity index (χ2n) is 5.07. The van der Waals surface area contributed by atoms with Crippen LogP contribution in [-0.2, 0) is 7.05 Å². The number of H-pyrrole nitrogens is 1. The SMILES string of the molecule is Cn1c(=O)[nH]c2c3cc(-c4cnc(N)nc4)ccc3ncc21. The minimum Gasteiger partial charge on any atom is -0.368 e. The van der Waals surface area contributed by atoms with E-state index in [2.05, 4.69) is 19.9 Å². The number of hydrogen-bond donors (Lipinski definition) is 2. The molecule has 7 nitrogen and oxygen atoms in total. The lowest BCUT2D eigenvalue weighted by molar-refractivity contribution is 0.890. The molecule has 4 rings (SSSR count). The lowest BCUT2D eigenvalue weighted by Gasteiger charge is -2.04. The molecule has 0 fully saturated rings. The van der Waals surface area contributed by atoms with Gasteiger partial charge in [-0.1, -0.05) is 6.07 Å². The van der Waals surface area contributed by atoms with E-state index in [1.807, 2.05) is 18.2 Å². The van der Waals surface area contributed by atoms with Gasteiger partial charge in [-0.25, -0.2) is 14.8 Å². The zero-order valence-electron chi connectivity index (χ0n) is 11.7. The Bertz CT molecular complexity index is 1060. The second-order valence-corrected chi connectivity index (χ2v) is 5.07. The Morgan fingerprint density at radius 1 is 1.09 bits per heavy atom. The largest absolute Gasteiger partial charge is 0.368 e. The van der Waals surface area contributed by atoms with Crippen LogP contribution in [0, 0.1) is 0 Å². The van der Waals surface area contributed by atoms with Crippen molar-refractivity contribution < 1.29 is 0 Å². The number of hydrogen-bond acceptors (Lipinski definition) is 5. The molecular formula is C15H12N6O. The fourth-order valence-corrected chi connectivity index (χ4v) is 2.53. The first-order valence-corrected chi connectivity index (χ1v) is 6.69. The van der Waals surface area contributed by atoms with Crippen LogP contribution in [0.3, 0.4) is 0 Å². The monoisotopic (exact) mass is 292 g/mol. The predicted octanol–water partition coefficient (Wildman–Crippen LogP) is 1.45. The number of nitrogens with two attached hydrogens (primary N) is 1. The van der Waals surface area contributed by atoms with Crippen molar-refractivity contribution in [2.45, 2.75) is 0 Å². The minimum absolute atomic E-state index is 0.162. The van der Waals surface area contributed by atoms with Crippen molar-refractivity contribution in [3.05, 3.63) is 47.3 Å². The Morgan fingerprint density at radius 2 is 1.86 bits per heavy atom. The summed E-state index contributed by atoms with van der Waals surface area (Å²) in [5.74, 6) is 0.237. The predicted molar refractivity (Wildman–Crippen MR) is 84.3 cm³/mol. The molecule has 0 saturated heterocycles. The topological polar surface area (TPSA) is 102 Å².